The van der Waals surface area contributed by atoms with Gasteiger partial charge in [-0.25, -0.2) is 4.79 Å². The Kier molecular flexibility index (Phi) is 6.86. The van der Waals surface area contributed by atoms with E-state index in [1.54, 1.807) is 0 Å². The van der Waals surface area contributed by atoms with Gasteiger partial charge in [0.05, 0.1) is 13.7 Å². The average molecular weight is 401 g/mol. The molecule has 6 heteroatoms. The van der Waals surface area contributed by atoms with E-state index in [2.05, 4.69) is 10.2 Å². The standard InChI is InChI=1S/C22H28N2O3S/c1-15-19(16-10-6-4-7-11-16)20(22(26)27-3)21(28-15)23-18(25)14-24(2)17-12-8-5-9-13-17/h4,6-7,10-11,17H,5,8-9,12-14H2,1-3H3,(H,23,25). The molecule has 5 nitrogen and oxygen atoms in total. The minimum absolute atomic E-state index is 0.0981. The maximum Gasteiger partial charge on any atom is 0.341 e. The van der Waals surface area contributed by atoms with Gasteiger partial charge in [0.25, 0.3) is 0 Å². The Hall–Kier alpha value is -2.18. The second-order valence-electron chi connectivity index (χ2n) is 7.35. The topological polar surface area (TPSA) is 58.6 Å². The molecule has 0 saturated heterocycles. The first-order chi connectivity index (χ1) is 13.5. The number of rotatable bonds is 6. The molecule has 150 valence electrons. The molecule has 1 saturated carbocycles. The third kappa shape index (κ3) is 4.62. The van der Waals surface area contributed by atoms with Crippen molar-refractivity contribution in [3.05, 3.63) is 40.8 Å². The van der Waals surface area contributed by atoms with Gasteiger partial charge >= 0.3 is 5.97 Å². The summed E-state index contributed by atoms with van der Waals surface area (Å²) in [5.41, 5.74) is 2.20. The molecule has 1 amide bonds. The third-order valence-corrected chi connectivity index (χ3v) is 6.40. The summed E-state index contributed by atoms with van der Waals surface area (Å²) >= 11 is 1.42. The Morgan fingerprint density at radius 1 is 1.18 bits per heavy atom. The van der Waals surface area contributed by atoms with Crippen molar-refractivity contribution in [1.82, 2.24) is 4.90 Å². The number of amides is 1. The Labute approximate surface area is 170 Å². The number of hydrogen-bond acceptors (Lipinski definition) is 5. The van der Waals surface area contributed by atoms with Gasteiger partial charge in [-0.15, -0.1) is 11.3 Å². The van der Waals surface area contributed by atoms with Gasteiger partial charge in [0.2, 0.25) is 5.91 Å². The molecular formula is C22H28N2O3S. The van der Waals surface area contributed by atoms with E-state index in [-0.39, 0.29) is 5.91 Å². The average Bonchev–Trinajstić information content (AvgIpc) is 3.04. The molecule has 1 heterocycles. The van der Waals surface area contributed by atoms with Crippen molar-refractivity contribution in [2.75, 3.05) is 26.0 Å². The minimum Gasteiger partial charge on any atom is -0.465 e. The number of esters is 1. The molecule has 1 fully saturated rings. The molecule has 0 atom stereocenters. The van der Waals surface area contributed by atoms with Crippen molar-refractivity contribution >= 4 is 28.2 Å². The summed E-state index contributed by atoms with van der Waals surface area (Å²) in [5, 5.41) is 3.52. The van der Waals surface area contributed by atoms with Crippen LogP contribution in [0.5, 0.6) is 0 Å². The van der Waals surface area contributed by atoms with Crippen LogP contribution in [0.1, 0.15) is 47.3 Å². The number of nitrogens with zero attached hydrogens (tertiary/aromatic N) is 1. The molecule has 1 aliphatic rings. The van der Waals surface area contributed by atoms with Crippen LogP contribution in [-0.2, 0) is 9.53 Å². The number of likely N-dealkylation sites (N-methyl/N-ethyl adjacent to an activating group) is 1. The van der Waals surface area contributed by atoms with Crippen molar-refractivity contribution in [2.24, 2.45) is 0 Å². The normalized spacial score (nSPS) is 14.9. The summed E-state index contributed by atoms with van der Waals surface area (Å²) < 4.78 is 5.02. The van der Waals surface area contributed by atoms with Crippen molar-refractivity contribution in [2.45, 2.75) is 45.1 Å². The quantitative estimate of drug-likeness (QED) is 0.713. The second-order valence-corrected chi connectivity index (χ2v) is 8.57. The number of carbonyl (C=O) groups excluding carboxylic acids is 2. The Morgan fingerprint density at radius 3 is 2.50 bits per heavy atom. The second kappa shape index (κ2) is 9.34. The molecule has 0 spiro atoms. The number of aryl methyl sites for hydroxylation is 1. The van der Waals surface area contributed by atoms with Crippen molar-refractivity contribution in [3.8, 4) is 11.1 Å². The highest BCUT2D eigenvalue weighted by Crippen LogP contribution is 2.40. The van der Waals surface area contributed by atoms with Crippen LogP contribution in [-0.4, -0.2) is 43.5 Å². The molecule has 0 bridgehead atoms. The van der Waals surface area contributed by atoms with Crippen molar-refractivity contribution < 1.29 is 14.3 Å². The number of benzene rings is 1. The number of carbonyl (C=O) groups is 2. The summed E-state index contributed by atoms with van der Waals surface area (Å²) in [5.74, 6) is -0.529. The summed E-state index contributed by atoms with van der Waals surface area (Å²) in [6.45, 7) is 2.28. The molecule has 0 aliphatic heterocycles. The molecule has 28 heavy (non-hydrogen) atoms. The maximum atomic E-state index is 12.7. The summed E-state index contributed by atoms with van der Waals surface area (Å²) in [6.07, 6.45) is 6.04. The Balaban J connectivity index is 1.81. The molecule has 3 rings (SSSR count). The van der Waals surface area contributed by atoms with Crippen LogP contribution in [0.3, 0.4) is 0 Å². The minimum atomic E-state index is -0.431. The van der Waals surface area contributed by atoms with Crippen molar-refractivity contribution in [1.29, 1.82) is 0 Å². The van der Waals surface area contributed by atoms with Gasteiger partial charge in [-0.3, -0.25) is 9.69 Å². The number of methoxy groups -OCH3 is 1. The van der Waals surface area contributed by atoms with E-state index in [4.69, 9.17) is 4.74 Å². The van der Waals surface area contributed by atoms with E-state index < -0.39 is 5.97 Å². The fourth-order valence-corrected chi connectivity index (χ4v) is 5.01. The van der Waals surface area contributed by atoms with Crippen LogP contribution in [0, 0.1) is 6.92 Å². The Morgan fingerprint density at radius 2 is 1.86 bits per heavy atom. The van der Waals surface area contributed by atoms with Crippen LogP contribution in [0.15, 0.2) is 30.3 Å². The zero-order valence-electron chi connectivity index (χ0n) is 16.8. The monoisotopic (exact) mass is 400 g/mol. The van der Waals surface area contributed by atoms with Crippen molar-refractivity contribution in [3.63, 3.8) is 0 Å². The van der Waals surface area contributed by atoms with Crippen LogP contribution >= 0.6 is 11.3 Å². The molecule has 1 aliphatic carbocycles. The predicted octanol–water partition coefficient (Wildman–Crippen LogP) is 4.71. The summed E-state index contributed by atoms with van der Waals surface area (Å²) in [6, 6.07) is 10.2. The van der Waals surface area contributed by atoms with Gasteiger partial charge in [-0.2, -0.15) is 0 Å². The molecule has 0 unspecified atom stereocenters. The number of nitrogens with one attached hydrogen (secondary N) is 1. The van der Waals surface area contributed by atoms with E-state index in [1.165, 1.54) is 37.7 Å². The highest BCUT2D eigenvalue weighted by atomic mass is 32.1. The Bertz CT molecular complexity index is 826. The third-order valence-electron chi connectivity index (χ3n) is 5.38. The van der Waals surface area contributed by atoms with Gasteiger partial charge in [0.15, 0.2) is 0 Å². The lowest BCUT2D eigenvalue weighted by Crippen LogP contribution is -2.39. The first-order valence-electron chi connectivity index (χ1n) is 9.78. The zero-order valence-corrected chi connectivity index (χ0v) is 17.6. The largest absolute Gasteiger partial charge is 0.465 e. The molecular weight excluding hydrogens is 372 g/mol. The lowest BCUT2D eigenvalue weighted by atomic mass is 9.94. The highest BCUT2D eigenvalue weighted by Gasteiger charge is 2.26. The number of ether oxygens (including phenoxy) is 1. The van der Waals surface area contributed by atoms with Crippen LogP contribution in [0.2, 0.25) is 0 Å². The lowest BCUT2D eigenvalue weighted by molar-refractivity contribution is -0.117. The van der Waals surface area contributed by atoms with E-state index in [9.17, 15) is 9.59 Å². The number of hydrogen-bond donors (Lipinski definition) is 1. The smallest absolute Gasteiger partial charge is 0.341 e. The molecule has 1 N–H and O–H groups in total. The van der Waals surface area contributed by atoms with Crippen LogP contribution in [0.25, 0.3) is 11.1 Å². The van der Waals surface area contributed by atoms with Gasteiger partial charge < -0.3 is 10.1 Å². The van der Waals surface area contributed by atoms with Gasteiger partial charge in [-0.1, -0.05) is 49.6 Å². The van der Waals surface area contributed by atoms with E-state index in [0.29, 0.717) is 23.2 Å². The number of anilines is 1. The number of thiophene rings is 1. The lowest BCUT2D eigenvalue weighted by Gasteiger charge is -2.30. The fraction of sp³-hybridized carbons (Fsp3) is 0.455. The van der Waals surface area contributed by atoms with Gasteiger partial charge in [-0.05, 0) is 32.4 Å². The molecule has 1 aromatic carbocycles. The molecule has 2 aromatic rings. The molecule has 0 radical (unpaired) electrons. The zero-order chi connectivity index (χ0) is 20.1. The van der Waals surface area contributed by atoms with Crippen LogP contribution < -0.4 is 5.32 Å². The van der Waals surface area contributed by atoms with E-state index >= 15 is 0 Å². The highest BCUT2D eigenvalue weighted by molar-refractivity contribution is 7.17. The SMILES string of the molecule is COC(=O)c1c(NC(=O)CN(C)C2CCCCC2)sc(C)c1-c1ccccc1. The van der Waals surface area contributed by atoms with Gasteiger partial charge in [0, 0.05) is 16.5 Å². The summed E-state index contributed by atoms with van der Waals surface area (Å²) in [4.78, 5) is 28.3. The fourth-order valence-electron chi connectivity index (χ4n) is 3.93. The predicted molar refractivity (Wildman–Crippen MR) is 114 cm³/mol. The maximum absolute atomic E-state index is 12.7. The van der Waals surface area contributed by atoms with Gasteiger partial charge in [0.1, 0.15) is 10.6 Å². The van der Waals surface area contributed by atoms with Crippen LogP contribution in [0.4, 0.5) is 5.00 Å². The first-order valence-corrected chi connectivity index (χ1v) is 10.6. The first kappa shape index (κ1) is 20.6. The van der Waals surface area contributed by atoms with E-state index in [1.807, 2.05) is 44.3 Å². The summed E-state index contributed by atoms with van der Waals surface area (Å²) in [7, 11) is 3.37. The molecule has 1 aromatic heterocycles. The van der Waals surface area contributed by atoms with E-state index in [0.717, 1.165) is 28.8 Å².